The molecule has 0 radical (unpaired) electrons. The van der Waals surface area contributed by atoms with Crippen LogP contribution in [-0.4, -0.2) is 79.6 Å². The Kier molecular flexibility index (Phi) is 11.5. The van der Waals surface area contributed by atoms with E-state index >= 15 is 0 Å². The zero-order valence-corrected chi connectivity index (χ0v) is 34.1. The van der Waals surface area contributed by atoms with Gasteiger partial charge in [-0.05, 0) is 0 Å². The summed E-state index contributed by atoms with van der Waals surface area (Å²) in [5.74, 6) is 0. The van der Waals surface area contributed by atoms with Crippen molar-refractivity contribution in [2.75, 3.05) is 35.5 Å². The van der Waals surface area contributed by atoms with E-state index in [1.54, 1.807) is 35.5 Å². The van der Waals surface area contributed by atoms with Crippen molar-refractivity contribution in [1.29, 1.82) is 0 Å². The van der Waals surface area contributed by atoms with Gasteiger partial charge in [-0.25, -0.2) is 0 Å². The maximum atomic E-state index is 7.23. The largest absolute Gasteiger partial charge is 0.491 e. The molecule has 1 saturated heterocycles. The second-order valence-electron chi connectivity index (χ2n) is 15.6. The number of hydrogen-bond acceptors (Lipinski definition) is 10. The van der Waals surface area contributed by atoms with Crippen LogP contribution in [0.5, 0.6) is 0 Å². The van der Waals surface area contributed by atoms with Gasteiger partial charge in [-0.1, -0.05) is 104 Å². The number of rotatable bonds is 5. The maximum Gasteiger partial charge on any atom is 0.491 e. The van der Waals surface area contributed by atoms with Crippen molar-refractivity contribution in [1.82, 2.24) is 0 Å². The van der Waals surface area contributed by atoms with Crippen molar-refractivity contribution in [2.45, 2.75) is 129 Å². The van der Waals surface area contributed by atoms with Crippen LogP contribution in [0, 0.1) is 0 Å². The van der Waals surface area contributed by atoms with Gasteiger partial charge in [0.1, 0.15) is 0 Å². The minimum atomic E-state index is -3.80. The SMILES string of the molecule is CO[Si]1(C(C)(C)C)O[Si](OC)(C(C)(C)C)O[Si](OC)(C(C)(C)C)O[Si](OC)(C(C)(C)C)O[Si](OC)(C(C)(C)C)O1. The van der Waals surface area contributed by atoms with E-state index in [0.29, 0.717) is 0 Å². The van der Waals surface area contributed by atoms with Gasteiger partial charge in [0.2, 0.25) is 0 Å². The smallest absolute Gasteiger partial charge is 0.377 e. The topological polar surface area (TPSA) is 92.3 Å². The van der Waals surface area contributed by atoms with Crippen LogP contribution in [0.3, 0.4) is 0 Å². The normalized spacial score (nSPS) is 36.0. The van der Waals surface area contributed by atoms with Gasteiger partial charge in [0, 0.05) is 60.7 Å². The Bertz CT molecular complexity index is 680. The molecule has 0 aromatic carbocycles. The Labute approximate surface area is 250 Å². The first-order valence-corrected chi connectivity index (χ1v) is 22.5. The maximum absolute atomic E-state index is 7.23. The zero-order chi connectivity index (χ0) is 32.1. The quantitative estimate of drug-likeness (QED) is 0.287. The second kappa shape index (κ2) is 11.9. The average molecular weight is 661 g/mol. The highest BCUT2D eigenvalue weighted by Gasteiger charge is 2.77. The fourth-order valence-electron chi connectivity index (χ4n) is 4.47. The Morgan fingerprint density at radius 1 is 0.275 bits per heavy atom. The van der Waals surface area contributed by atoms with E-state index in [9.17, 15) is 0 Å². The van der Waals surface area contributed by atoms with Crippen LogP contribution in [0.4, 0.5) is 0 Å². The van der Waals surface area contributed by atoms with E-state index in [2.05, 4.69) is 0 Å². The van der Waals surface area contributed by atoms with Crippen molar-refractivity contribution in [2.24, 2.45) is 0 Å². The summed E-state index contributed by atoms with van der Waals surface area (Å²) in [5, 5.41) is -3.14. The summed E-state index contributed by atoms with van der Waals surface area (Å²) >= 11 is 0. The van der Waals surface area contributed by atoms with Crippen LogP contribution in [0.15, 0.2) is 0 Å². The first kappa shape index (κ1) is 38.7. The molecule has 0 saturated carbocycles. The van der Waals surface area contributed by atoms with Crippen molar-refractivity contribution < 1.29 is 42.7 Å². The summed E-state index contributed by atoms with van der Waals surface area (Å²) in [6.07, 6.45) is 0. The predicted molar refractivity (Wildman–Crippen MR) is 168 cm³/mol. The van der Waals surface area contributed by atoms with E-state index < -0.39 is 69.2 Å². The molecule has 240 valence electrons. The molecule has 0 amide bonds. The lowest BCUT2D eigenvalue weighted by Gasteiger charge is -2.58. The van der Waals surface area contributed by atoms with E-state index in [0.717, 1.165) is 0 Å². The first-order valence-electron chi connectivity index (χ1n) is 13.9. The molecule has 0 atom stereocenters. The van der Waals surface area contributed by atoms with Crippen LogP contribution in [0.25, 0.3) is 0 Å². The summed E-state index contributed by atoms with van der Waals surface area (Å²) in [7, 11) is -10.9. The van der Waals surface area contributed by atoms with E-state index in [-0.39, 0.29) is 0 Å². The Balaban J connectivity index is 4.58. The highest BCUT2D eigenvalue weighted by molar-refractivity contribution is 6.92. The lowest BCUT2D eigenvalue weighted by Crippen LogP contribution is -2.79. The molecule has 1 fully saturated rings. The summed E-state index contributed by atoms with van der Waals surface area (Å²) < 4.78 is 68.2. The molecule has 1 rings (SSSR count). The molecule has 0 unspecified atom stereocenters. The lowest BCUT2D eigenvalue weighted by atomic mass is 10.3. The fourth-order valence-corrected chi connectivity index (χ4v) is 32.9. The molecule has 1 aliphatic heterocycles. The van der Waals surface area contributed by atoms with Crippen molar-refractivity contribution >= 4 is 44.0 Å². The Morgan fingerprint density at radius 3 is 0.425 bits per heavy atom. The molecule has 0 N–H and O–H groups in total. The summed E-state index contributed by atoms with van der Waals surface area (Å²) in [4.78, 5) is 0. The highest BCUT2D eigenvalue weighted by Crippen LogP contribution is 2.57. The standard InChI is InChI=1S/C25H60O10Si5/c1-21(2,3)36(26-16)31-37(27-17,22(4,5)6)33-39(29-19,24(10,11)12)35-40(30-20,25(13,14)15)34-38(28-18,32-36)23(7,8)9/h1-20H3. The van der Waals surface area contributed by atoms with Gasteiger partial charge in [0.05, 0.1) is 0 Å². The molecular formula is C25H60O10Si5. The van der Waals surface area contributed by atoms with E-state index in [1.807, 2.05) is 104 Å². The van der Waals surface area contributed by atoms with Crippen LogP contribution < -0.4 is 0 Å². The third-order valence-electron chi connectivity index (χ3n) is 7.28. The minimum absolute atomic E-state index is 0.628. The van der Waals surface area contributed by atoms with Crippen LogP contribution in [0.1, 0.15) is 104 Å². The van der Waals surface area contributed by atoms with Gasteiger partial charge in [0.15, 0.2) is 0 Å². The van der Waals surface area contributed by atoms with E-state index in [4.69, 9.17) is 42.7 Å². The summed E-state index contributed by atoms with van der Waals surface area (Å²) in [6.45, 7) is 30.6. The highest BCUT2D eigenvalue weighted by atomic mass is 28.6. The van der Waals surface area contributed by atoms with Crippen molar-refractivity contribution in [3.63, 3.8) is 0 Å². The predicted octanol–water partition coefficient (Wildman–Crippen LogP) is 7.01. The van der Waals surface area contributed by atoms with Gasteiger partial charge in [-0.3, -0.25) is 0 Å². The van der Waals surface area contributed by atoms with Crippen molar-refractivity contribution in [3.8, 4) is 0 Å². The minimum Gasteiger partial charge on any atom is -0.377 e. The molecule has 15 heteroatoms. The lowest BCUT2D eigenvalue weighted by molar-refractivity contribution is 0.00442. The molecule has 40 heavy (non-hydrogen) atoms. The third-order valence-corrected chi connectivity index (χ3v) is 29.9. The third kappa shape index (κ3) is 6.68. The monoisotopic (exact) mass is 660 g/mol. The van der Waals surface area contributed by atoms with E-state index in [1.165, 1.54) is 0 Å². The zero-order valence-electron chi connectivity index (χ0n) is 29.1. The van der Waals surface area contributed by atoms with Crippen molar-refractivity contribution in [3.05, 3.63) is 0 Å². The molecule has 0 spiro atoms. The molecule has 1 aliphatic rings. The van der Waals surface area contributed by atoms with Gasteiger partial charge in [0.25, 0.3) is 0 Å². The van der Waals surface area contributed by atoms with Gasteiger partial charge < -0.3 is 42.7 Å². The van der Waals surface area contributed by atoms with Crippen LogP contribution >= 0.6 is 0 Å². The molecule has 0 aliphatic carbocycles. The van der Waals surface area contributed by atoms with Crippen LogP contribution in [0.2, 0.25) is 25.2 Å². The summed E-state index contributed by atoms with van der Waals surface area (Å²) in [5.41, 5.74) is 0. The van der Waals surface area contributed by atoms with Gasteiger partial charge in [-0.15, -0.1) is 0 Å². The van der Waals surface area contributed by atoms with Gasteiger partial charge >= 0.3 is 44.0 Å². The molecule has 10 nitrogen and oxygen atoms in total. The number of hydrogen-bond donors (Lipinski definition) is 0. The molecule has 0 aromatic rings. The Morgan fingerprint density at radius 2 is 0.375 bits per heavy atom. The average Bonchev–Trinajstić information content (AvgIpc) is 2.77. The Hall–Kier alpha value is 0.684. The molecular weight excluding hydrogens is 601 g/mol. The molecule has 1 heterocycles. The molecule has 0 aromatic heterocycles. The summed E-state index contributed by atoms with van der Waals surface area (Å²) in [6, 6.07) is 0. The van der Waals surface area contributed by atoms with Crippen LogP contribution in [-0.2, 0) is 42.7 Å². The van der Waals surface area contributed by atoms with Gasteiger partial charge in [-0.2, -0.15) is 0 Å². The first-order chi connectivity index (χ1) is 17.6. The second-order valence-corrected chi connectivity index (χ2v) is 34.7. The molecule has 0 bridgehead atoms. The fraction of sp³-hybridized carbons (Fsp3) is 1.00.